The summed E-state index contributed by atoms with van der Waals surface area (Å²) in [4.78, 5) is 19.9. The lowest BCUT2D eigenvalue weighted by atomic mass is 9.96. The fourth-order valence-electron chi connectivity index (χ4n) is 5.80. The van der Waals surface area contributed by atoms with Crippen LogP contribution in [0.15, 0.2) is 79.3 Å². The second-order valence-corrected chi connectivity index (χ2v) is 9.90. The first-order valence-corrected chi connectivity index (χ1v) is 12.6. The summed E-state index contributed by atoms with van der Waals surface area (Å²) in [6.07, 6.45) is 3.63. The lowest BCUT2D eigenvalue weighted by molar-refractivity contribution is 0.0367. The molecular weight excluding hydrogens is 464 g/mol. The average Bonchev–Trinajstić information content (AvgIpc) is 3.49. The number of rotatable bonds is 5. The lowest BCUT2D eigenvalue weighted by Crippen LogP contribution is -2.53. The second-order valence-electron chi connectivity index (χ2n) is 9.90. The monoisotopic (exact) mass is 494 g/mol. The Kier molecular flexibility index (Phi) is 6.02. The molecule has 2 atom stereocenters. The summed E-state index contributed by atoms with van der Waals surface area (Å²) in [5.41, 5.74) is 7.21. The van der Waals surface area contributed by atoms with Crippen LogP contribution < -0.4 is 10.1 Å². The van der Waals surface area contributed by atoms with Crippen LogP contribution in [0.5, 0.6) is 5.75 Å². The summed E-state index contributed by atoms with van der Waals surface area (Å²) in [7, 11) is 1.59. The van der Waals surface area contributed by atoms with E-state index in [1.807, 2.05) is 23.8 Å². The molecule has 1 aromatic heterocycles. The molecule has 188 valence electrons. The number of aromatic nitrogens is 2. The standard InChI is InChI=1S/C30H30N4O3/c1-19-15-34(18-31-19)27-12-11-20(13-28(27)37-2)30(36)32-21-14-22(35)17-33(16-21)29-25-9-5-3-7-23(25)24-8-4-6-10-26(24)29/h3-13,15,18,21-22,29,35H,14,16-17H2,1-2H3,(H,32,36). The molecule has 7 nitrogen and oxygen atoms in total. The molecule has 2 heterocycles. The van der Waals surface area contributed by atoms with Gasteiger partial charge in [0.25, 0.3) is 5.91 Å². The van der Waals surface area contributed by atoms with Crippen LogP contribution in [0.1, 0.15) is 39.6 Å². The number of aryl methyl sites for hydroxylation is 1. The first-order chi connectivity index (χ1) is 18.0. The van der Waals surface area contributed by atoms with Gasteiger partial charge in [0, 0.05) is 30.9 Å². The number of aliphatic hydroxyl groups is 1. The number of aliphatic hydroxyl groups excluding tert-OH is 1. The normalized spacial score (nSPS) is 19.3. The number of nitrogens with zero attached hydrogens (tertiary/aromatic N) is 3. The van der Waals surface area contributed by atoms with Crippen molar-refractivity contribution in [2.45, 2.75) is 31.5 Å². The Hall–Kier alpha value is -3.94. The molecule has 7 heteroatoms. The molecule has 2 aliphatic rings. The Morgan fingerprint density at radius 1 is 1.03 bits per heavy atom. The number of methoxy groups -OCH3 is 1. The zero-order valence-corrected chi connectivity index (χ0v) is 21.0. The number of carbonyl (C=O) groups excluding carboxylic acids is 1. The van der Waals surface area contributed by atoms with Gasteiger partial charge in [0.1, 0.15) is 5.75 Å². The number of carbonyl (C=O) groups is 1. The highest BCUT2D eigenvalue weighted by molar-refractivity contribution is 5.95. The Morgan fingerprint density at radius 3 is 2.38 bits per heavy atom. The van der Waals surface area contributed by atoms with E-state index >= 15 is 0 Å². The van der Waals surface area contributed by atoms with Crippen molar-refractivity contribution in [3.63, 3.8) is 0 Å². The van der Waals surface area contributed by atoms with Gasteiger partial charge in [-0.1, -0.05) is 48.5 Å². The molecule has 2 unspecified atom stereocenters. The minimum absolute atomic E-state index is 0.0553. The number of β-amino-alcohol motifs (C(OH)–C–C–N with tert-alkyl or cyclic N) is 1. The predicted molar refractivity (Wildman–Crippen MR) is 142 cm³/mol. The van der Waals surface area contributed by atoms with E-state index in [2.05, 4.69) is 63.7 Å². The summed E-state index contributed by atoms with van der Waals surface area (Å²) in [5, 5.41) is 14.0. The minimum atomic E-state index is -0.527. The van der Waals surface area contributed by atoms with Gasteiger partial charge in [0.15, 0.2) is 0 Å². The van der Waals surface area contributed by atoms with E-state index in [1.54, 1.807) is 25.6 Å². The van der Waals surface area contributed by atoms with Gasteiger partial charge in [0.2, 0.25) is 0 Å². The van der Waals surface area contributed by atoms with Gasteiger partial charge in [-0.2, -0.15) is 0 Å². The highest BCUT2D eigenvalue weighted by Crippen LogP contribution is 2.46. The molecule has 2 N–H and O–H groups in total. The van der Waals surface area contributed by atoms with Crippen LogP contribution in [-0.4, -0.2) is 57.8 Å². The Labute approximate surface area is 216 Å². The SMILES string of the molecule is COc1cc(C(=O)NC2CC(O)CN(C3c4ccccc4-c4ccccc43)C2)ccc1-n1cnc(C)c1. The number of ether oxygens (including phenoxy) is 1. The van der Waals surface area contributed by atoms with E-state index in [0.29, 0.717) is 30.8 Å². The largest absolute Gasteiger partial charge is 0.495 e. The number of hydrogen-bond donors (Lipinski definition) is 2. The zero-order chi connectivity index (χ0) is 25.5. The first-order valence-electron chi connectivity index (χ1n) is 12.6. The van der Waals surface area contributed by atoms with Crippen LogP contribution in [0.2, 0.25) is 0 Å². The first kappa shape index (κ1) is 23.5. The third kappa shape index (κ3) is 4.30. The highest BCUT2D eigenvalue weighted by Gasteiger charge is 2.37. The summed E-state index contributed by atoms with van der Waals surface area (Å²) in [6.45, 7) is 3.14. The maximum atomic E-state index is 13.3. The number of benzene rings is 3. The highest BCUT2D eigenvalue weighted by atomic mass is 16.5. The third-order valence-electron chi connectivity index (χ3n) is 7.39. The molecule has 0 saturated carbocycles. The van der Waals surface area contributed by atoms with Crippen LogP contribution in [-0.2, 0) is 0 Å². The van der Waals surface area contributed by atoms with Crippen molar-refractivity contribution in [2.24, 2.45) is 0 Å². The van der Waals surface area contributed by atoms with E-state index in [-0.39, 0.29) is 18.0 Å². The van der Waals surface area contributed by atoms with Crippen molar-refractivity contribution < 1.29 is 14.6 Å². The van der Waals surface area contributed by atoms with Crippen LogP contribution in [0.25, 0.3) is 16.8 Å². The molecule has 1 saturated heterocycles. The van der Waals surface area contributed by atoms with Crippen LogP contribution >= 0.6 is 0 Å². The Morgan fingerprint density at radius 2 is 1.73 bits per heavy atom. The van der Waals surface area contributed by atoms with Gasteiger partial charge in [0.05, 0.1) is 37.0 Å². The number of piperidine rings is 1. The van der Waals surface area contributed by atoms with E-state index < -0.39 is 6.10 Å². The fourth-order valence-corrected chi connectivity index (χ4v) is 5.80. The maximum Gasteiger partial charge on any atom is 0.251 e. The van der Waals surface area contributed by atoms with Gasteiger partial charge in [-0.05, 0) is 53.8 Å². The van der Waals surface area contributed by atoms with Gasteiger partial charge in [-0.3, -0.25) is 9.69 Å². The van der Waals surface area contributed by atoms with Crippen molar-refractivity contribution in [3.05, 3.63) is 102 Å². The van der Waals surface area contributed by atoms with Crippen LogP contribution in [0, 0.1) is 6.92 Å². The second kappa shape index (κ2) is 9.50. The van der Waals surface area contributed by atoms with E-state index in [9.17, 15) is 9.90 Å². The quantitative estimate of drug-likeness (QED) is 0.436. The average molecular weight is 495 g/mol. The lowest BCUT2D eigenvalue weighted by Gasteiger charge is -2.40. The third-order valence-corrected chi connectivity index (χ3v) is 7.39. The molecule has 3 aromatic carbocycles. The van der Waals surface area contributed by atoms with Crippen molar-refractivity contribution in [2.75, 3.05) is 20.2 Å². The van der Waals surface area contributed by atoms with Gasteiger partial charge < -0.3 is 19.7 Å². The predicted octanol–water partition coefficient (Wildman–Crippen LogP) is 4.12. The molecular formula is C30H30N4O3. The Bertz CT molecular complexity index is 1420. The molecule has 1 aliphatic carbocycles. The molecule has 37 heavy (non-hydrogen) atoms. The van der Waals surface area contributed by atoms with Crippen LogP contribution in [0.4, 0.5) is 0 Å². The van der Waals surface area contributed by atoms with Gasteiger partial charge in [-0.15, -0.1) is 0 Å². The fraction of sp³-hybridized carbons (Fsp3) is 0.267. The number of amides is 1. The molecule has 1 aliphatic heterocycles. The molecule has 6 rings (SSSR count). The topological polar surface area (TPSA) is 79.6 Å². The smallest absolute Gasteiger partial charge is 0.251 e. The van der Waals surface area contributed by atoms with Crippen molar-refractivity contribution >= 4 is 5.91 Å². The van der Waals surface area contributed by atoms with Crippen LogP contribution in [0.3, 0.4) is 0 Å². The van der Waals surface area contributed by atoms with Crippen molar-refractivity contribution in [3.8, 4) is 22.6 Å². The molecule has 4 aromatic rings. The molecule has 1 fully saturated rings. The maximum absolute atomic E-state index is 13.3. The molecule has 0 bridgehead atoms. The van der Waals surface area contributed by atoms with E-state index in [0.717, 1.165) is 11.4 Å². The summed E-state index contributed by atoms with van der Waals surface area (Å²) in [5.74, 6) is 0.410. The minimum Gasteiger partial charge on any atom is -0.495 e. The number of likely N-dealkylation sites (tertiary alicyclic amines) is 1. The molecule has 0 spiro atoms. The molecule has 1 amide bonds. The number of fused-ring (bicyclic) bond motifs is 3. The molecule has 0 radical (unpaired) electrons. The number of imidazole rings is 1. The van der Waals surface area contributed by atoms with E-state index in [1.165, 1.54) is 22.3 Å². The van der Waals surface area contributed by atoms with Crippen molar-refractivity contribution in [1.29, 1.82) is 0 Å². The number of nitrogens with one attached hydrogen (secondary N) is 1. The zero-order valence-electron chi connectivity index (χ0n) is 21.0. The van der Waals surface area contributed by atoms with Gasteiger partial charge >= 0.3 is 0 Å². The number of hydrogen-bond acceptors (Lipinski definition) is 5. The van der Waals surface area contributed by atoms with Gasteiger partial charge in [-0.25, -0.2) is 4.98 Å². The van der Waals surface area contributed by atoms with E-state index in [4.69, 9.17) is 4.74 Å². The summed E-state index contributed by atoms with van der Waals surface area (Å²) >= 11 is 0. The van der Waals surface area contributed by atoms with Crippen molar-refractivity contribution in [1.82, 2.24) is 19.8 Å². The summed E-state index contributed by atoms with van der Waals surface area (Å²) < 4.78 is 7.46. The Balaban J connectivity index is 1.23. The summed E-state index contributed by atoms with van der Waals surface area (Å²) in [6, 6.07) is 22.2.